The maximum atomic E-state index is 9.58. The molecule has 0 aliphatic heterocycles. The summed E-state index contributed by atoms with van der Waals surface area (Å²) in [5, 5.41) is 9.58. The van der Waals surface area contributed by atoms with Gasteiger partial charge in [0.2, 0.25) is 0 Å². The fourth-order valence-electron chi connectivity index (χ4n) is 1.01. The second-order valence-corrected chi connectivity index (χ2v) is 4.74. The van der Waals surface area contributed by atoms with Crippen LogP contribution in [0.2, 0.25) is 0 Å². The van der Waals surface area contributed by atoms with Gasteiger partial charge in [-0.15, -0.1) is 11.8 Å². The second kappa shape index (κ2) is 4.56. The molecule has 0 radical (unpaired) electrons. The van der Waals surface area contributed by atoms with Crippen molar-refractivity contribution in [3.8, 4) is 5.75 Å². The molecule has 0 unspecified atom stereocenters. The smallest absolute Gasteiger partial charge is 0.129 e. The summed E-state index contributed by atoms with van der Waals surface area (Å²) in [6, 6.07) is 5.82. The highest BCUT2D eigenvalue weighted by molar-refractivity contribution is 7.99. The molecular weight excluding hydrogens is 180 g/mol. The van der Waals surface area contributed by atoms with Crippen LogP contribution in [0.25, 0.3) is 0 Å². The number of thioether (sulfide) groups is 1. The Balaban J connectivity index is 2.67. The van der Waals surface area contributed by atoms with Crippen molar-refractivity contribution in [2.45, 2.75) is 25.7 Å². The van der Waals surface area contributed by atoms with Crippen molar-refractivity contribution >= 4 is 11.8 Å². The molecule has 0 amide bonds. The van der Waals surface area contributed by atoms with Crippen LogP contribution in [0, 0.1) is 12.8 Å². The third-order valence-electron chi connectivity index (χ3n) is 1.69. The fraction of sp³-hybridized carbons (Fsp3) is 0.455. The van der Waals surface area contributed by atoms with Gasteiger partial charge in [-0.25, -0.2) is 0 Å². The van der Waals surface area contributed by atoms with Gasteiger partial charge in [0.25, 0.3) is 0 Å². The summed E-state index contributed by atoms with van der Waals surface area (Å²) >= 11 is 1.71. The van der Waals surface area contributed by atoms with E-state index in [1.165, 1.54) is 0 Å². The first-order valence-electron chi connectivity index (χ1n) is 4.52. The summed E-state index contributed by atoms with van der Waals surface area (Å²) in [7, 11) is 0. The Hall–Kier alpha value is -0.630. The molecular formula is C11H16OS. The molecule has 1 rings (SSSR count). The zero-order valence-electron chi connectivity index (χ0n) is 8.37. The molecule has 0 aromatic heterocycles. The molecule has 0 bridgehead atoms. The minimum atomic E-state index is 0.408. The molecule has 0 spiro atoms. The third-order valence-corrected chi connectivity index (χ3v) is 3.18. The average Bonchev–Trinajstić information content (AvgIpc) is 2.02. The van der Waals surface area contributed by atoms with Gasteiger partial charge in [0.15, 0.2) is 0 Å². The number of rotatable bonds is 3. The number of phenolic OH excluding ortho intramolecular Hbond substituents is 1. The number of benzene rings is 1. The largest absolute Gasteiger partial charge is 0.507 e. The van der Waals surface area contributed by atoms with Crippen LogP contribution in [0.4, 0.5) is 0 Å². The van der Waals surface area contributed by atoms with E-state index in [1.807, 2.05) is 25.1 Å². The van der Waals surface area contributed by atoms with Crippen molar-refractivity contribution in [2.75, 3.05) is 5.75 Å². The lowest BCUT2D eigenvalue weighted by atomic mass is 10.2. The van der Waals surface area contributed by atoms with Crippen molar-refractivity contribution in [1.29, 1.82) is 0 Å². The number of hydrogen-bond donors (Lipinski definition) is 1. The van der Waals surface area contributed by atoms with Gasteiger partial charge in [-0.3, -0.25) is 0 Å². The maximum Gasteiger partial charge on any atom is 0.129 e. The molecule has 0 atom stereocenters. The van der Waals surface area contributed by atoms with E-state index in [4.69, 9.17) is 0 Å². The van der Waals surface area contributed by atoms with Crippen LogP contribution in [-0.4, -0.2) is 10.9 Å². The van der Waals surface area contributed by atoms with E-state index in [0.29, 0.717) is 11.7 Å². The topological polar surface area (TPSA) is 20.2 Å². The average molecular weight is 196 g/mol. The van der Waals surface area contributed by atoms with Crippen molar-refractivity contribution in [1.82, 2.24) is 0 Å². The van der Waals surface area contributed by atoms with Gasteiger partial charge in [-0.05, 0) is 30.5 Å². The van der Waals surface area contributed by atoms with E-state index in [1.54, 1.807) is 11.8 Å². The summed E-state index contributed by atoms with van der Waals surface area (Å²) in [6.45, 7) is 6.34. The molecule has 1 aromatic carbocycles. The fourth-order valence-corrected chi connectivity index (χ4v) is 1.89. The molecule has 13 heavy (non-hydrogen) atoms. The highest BCUT2D eigenvalue weighted by atomic mass is 32.2. The second-order valence-electron chi connectivity index (χ2n) is 3.68. The van der Waals surface area contributed by atoms with Crippen molar-refractivity contribution in [3.63, 3.8) is 0 Å². The first kappa shape index (κ1) is 10.5. The monoisotopic (exact) mass is 196 g/mol. The quantitative estimate of drug-likeness (QED) is 0.747. The van der Waals surface area contributed by atoms with E-state index < -0.39 is 0 Å². The Morgan fingerprint density at radius 2 is 2.08 bits per heavy atom. The van der Waals surface area contributed by atoms with Crippen LogP contribution in [0.15, 0.2) is 23.1 Å². The lowest BCUT2D eigenvalue weighted by molar-refractivity contribution is 0.462. The Kier molecular flexibility index (Phi) is 3.67. The van der Waals surface area contributed by atoms with E-state index in [2.05, 4.69) is 13.8 Å². The van der Waals surface area contributed by atoms with Crippen LogP contribution in [-0.2, 0) is 0 Å². The summed E-state index contributed by atoms with van der Waals surface area (Å²) in [4.78, 5) is 0.985. The summed E-state index contributed by atoms with van der Waals surface area (Å²) in [5.41, 5.74) is 1.10. The lowest BCUT2D eigenvalue weighted by Crippen LogP contribution is -1.90. The van der Waals surface area contributed by atoms with Crippen LogP contribution in [0.1, 0.15) is 19.4 Å². The normalized spacial score (nSPS) is 10.8. The summed E-state index contributed by atoms with van der Waals surface area (Å²) in [5.74, 6) is 2.12. The lowest BCUT2D eigenvalue weighted by Gasteiger charge is -2.06. The molecule has 1 nitrogen and oxygen atoms in total. The number of aromatic hydroxyl groups is 1. The predicted octanol–water partition coefficient (Wildman–Crippen LogP) is 3.45. The molecule has 1 aromatic rings. The first-order chi connectivity index (χ1) is 6.09. The van der Waals surface area contributed by atoms with Gasteiger partial charge >= 0.3 is 0 Å². The molecule has 1 N–H and O–H groups in total. The van der Waals surface area contributed by atoms with Crippen LogP contribution in [0.3, 0.4) is 0 Å². The van der Waals surface area contributed by atoms with Gasteiger partial charge in [0.1, 0.15) is 5.75 Å². The van der Waals surface area contributed by atoms with Gasteiger partial charge in [-0.1, -0.05) is 19.9 Å². The van der Waals surface area contributed by atoms with E-state index in [9.17, 15) is 5.11 Å². The highest BCUT2D eigenvalue weighted by Crippen LogP contribution is 2.30. The number of aryl methyl sites for hydroxylation is 1. The first-order valence-corrected chi connectivity index (χ1v) is 5.50. The van der Waals surface area contributed by atoms with E-state index >= 15 is 0 Å². The molecule has 0 saturated carbocycles. The van der Waals surface area contributed by atoms with Crippen LogP contribution < -0.4 is 0 Å². The Bertz CT molecular complexity index is 281. The van der Waals surface area contributed by atoms with Crippen LogP contribution >= 0.6 is 11.8 Å². The zero-order chi connectivity index (χ0) is 9.84. The minimum Gasteiger partial charge on any atom is -0.507 e. The van der Waals surface area contributed by atoms with E-state index in [-0.39, 0.29) is 0 Å². The Labute approximate surface area is 84.2 Å². The molecule has 0 heterocycles. The van der Waals surface area contributed by atoms with Crippen molar-refractivity contribution < 1.29 is 5.11 Å². The summed E-state index contributed by atoms with van der Waals surface area (Å²) in [6.07, 6.45) is 0. The highest BCUT2D eigenvalue weighted by Gasteiger charge is 2.02. The molecule has 0 aliphatic rings. The van der Waals surface area contributed by atoms with Gasteiger partial charge in [-0.2, -0.15) is 0 Å². The zero-order valence-corrected chi connectivity index (χ0v) is 9.19. The van der Waals surface area contributed by atoms with Crippen LogP contribution in [0.5, 0.6) is 5.75 Å². The third kappa shape index (κ3) is 3.31. The maximum absolute atomic E-state index is 9.58. The van der Waals surface area contributed by atoms with Gasteiger partial charge < -0.3 is 5.11 Å². The molecule has 0 aliphatic carbocycles. The van der Waals surface area contributed by atoms with Crippen molar-refractivity contribution in [3.05, 3.63) is 23.8 Å². The SMILES string of the molecule is Cc1ccc(SCC(C)C)c(O)c1. The van der Waals surface area contributed by atoms with E-state index in [0.717, 1.165) is 16.2 Å². The Morgan fingerprint density at radius 3 is 2.62 bits per heavy atom. The molecule has 0 fully saturated rings. The molecule has 72 valence electrons. The predicted molar refractivity (Wildman–Crippen MR) is 58.4 cm³/mol. The summed E-state index contributed by atoms with van der Waals surface area (Å²) < 4.78 is 0. The standard InChI is InChI=1S/C11H16OS/c1-8(2)7-13-11-5-4-9(3)6-10(11)12/h4-6,8,12H,7H2,1-3H3. The van der Waals surface area contributed by atoms with Gasteiger partial charge in [0.05, 0.1) is 0 Å². The number of hydrogen-bond acceptors (Lipinski definition) is 2. The van der Waals surface area contributed by atoms with Crippen molar-refractivity contribution in [2.24, 2.45) is 5.92 Å². The molecule has 0 saturated heterocycles. The minimum absolute atomic E-state index is 0.408. The molecule has 2 heteroatoms. The van der Waals surface area contributed by atoms with Gasteiger partial charge in [0, 0.05) is 10.6 Å². The number of phenols is 1. The Morgan fingerprint density at radius 1 is 1.38 bits per heavy atom.